The normalized spacial score (nSPS) is 14.0. The molecule has 1 aliphatic carbocycles. The summed E-state index contributed by atoms with van der Waals surface area (Å²) in [5.74, 6) is -0.329. The van der Waals surface area contributed by atoms with Crippen molar-refractivity contribution in [3.63, 3.8) is 0 Å². The van der Waals surface area contributed by atoms with Crippen LogP contribution in [0.15, 0.2) is 54.6 Å². The Morgan fingerprint density at radius 2 is 1.70 bits per heavy atom. The third kappa shape index (κ3) is 4.20. The van der Waals surface area contributed by atoms with Gasteiger partial charge in [0, 0.05) is 17.4 Å². The van der Waals surface area contributed by atoms with Crippen LogP contribution in [0.1, 0.15) is 48.2 Å². The van der Waals surface area contributed by atoms with Gasteiger partial charge in [0.25, 0.3) is 0 Å². The molecule has 0 amide bonds. The first-order valence-electron chi connectivity index (χ1n) is 10.4. The van der Waals surface area contributed by atoms with E-state index in [1.54, 1.807) is 0 Å². The SMILES string of the molecule is COC(=O)c1c(COC(=O)CC2CCCC2)nc2ccccc2c1-c1ccccc1. The van der Waals surface area contributed by atoms with E-state index < -0.39 is 5.97 Å². The third-order valence-corrected chi connectivity index (χ3v) is 5.72. The fourth-order valence-electron chi connectivity index (χ4n) is 4.25. The number of esters is 2. The molecule has 4 rings (SSSR count). The molecular weight excluding hydrogens is 378 g/mol. The molecule has 2 aromatic carbocycles. The van der Waals surface area contributed by atoms with Crippen LogP contribution in [0, 0.1) is 5.92 Å². The highest BCUT2D eigenvalue weighted by Crippen LogP contribution is 2.34. The van der Waals surface area contributed by atoms with Crippen LogP contribution in [0.25, 0.3) is 22.0 Å². The molecule has 0 atom stereocenters. The molecule has 5 heteroatoms. The molecule has 0 aliphatic heterocycles. The number of rotatable bonds is 6. The van der Waals surface area contributed by atoms with Gasteiger partial charge in [0.15, 0.2) is 0 Å². The van der Waals surface area contributed by atoms with E-state index in [2.05, 4.69) is 4.98 Å². The van der Waals surface area contributed by atoms with E-state index in [1.807, 2.05) is 54.6 Å². The minimum atomic E-state index is -0.492. The Kier molecular flexibility index (Phi) is 6.07. The number of para-hydroxylation sites is 1. The number of hydrogen-bond acceptors (Lipinski definition) is 5. The van der Waals surface area contributed by atoms with Gasteiger partial charge >= 0.3 is 11.9 Å². The molecule has 0 N–H and O–H groups in total. The van der Waals surface area contributed by atoms with Crippen LogP contribution in [0.5, 0.6) is 0 Å². The second-order valence-corrected chi connectivity index (χ2v) is 7.70. The lowest BCUT2D eigenvalue weighted by molar-refractivity contribution is -0.146. The minimum absolute atomic E-state index is 0.0549. The maximum absolute atomic E-state index is 12.8. The summed E-state index contributed by atoms with van der Waals surface area (Å²) in [5, 5.41) is 0.852. The molecule has 1 heterocycles. The number of hydrogen-bond donors (Lipinski definition) is 0. The Morgan fingerprint density at radius 3 is 2.43 bits per heavy atom. The Balaban J connectivity index is 1.74. The van der Waals surface area contributed by atoms with Crippen LogP contribution in [0.4, 0.5) is 0 Å². The molecule has 154 valence electrons. The summed E-state index contributed by atoms with van der Waals surface area (Å²) in [5.41, 5.74) is 3.13. The quantitative estimate of drug-likeness (QED) is 0.522. The van der Waals surface area contributed by atoms with Gasteiger partial charge in [0.1, 0.15) is 6.61 Å². The molecule has 5 nitrogen and oxygen atoms in total. The number of methoxy groups -OCH3 is 1. The molecule has 1 saturated carbocycles. The summed E-state index contributed by atoms with van der Waals surface area (Å²) >= 11 is 0. The van der Waals surface area contributed by atoms with Gasteiger partial charge < -0.3 is 9.47 Å². The second kappa shape index (κ2) is 9.08. The van der Waals surface area contributed by atoms with E-state index in [-0.39, 0.29) is 12.6 Å². The Bertz CT molecular complexity index is 1060. The van der Waals surface area contributed by atoms with Crippen molar-refractivity contribution in [2.24, 2.45) is 5.92 Å². The first kappa shape index (κ1) is 20.1. The van der Waals surface area contributed by atoms with Crippen molar-refractivity contribution in [2.45, 2.75) is 38.7 Å². The fourth-order valence-corrected chi connectivity index (χ4v) is 4.25. The van der Waals surface area contributed by atoms with Gasteiger partial charge in [-0.2, -0.15) is 0 Å². The topological polar surface area (TPSA) is 65.5 Å². The molecule has 1 fully saturated rings. The number of benzene rings is 2. The zero-order valence-corrected chi connectivity index (χ0v) is 17.1. The molecular formula is C25H25NO4. The lowest BCUT2D eigenvalue weighted by atomic mass is 9.94. The highest BCUT2D eigenvalue weighted by molar-refractivity contribution is 6.07. The minimum Gasteiger partial charge on any atom is -0.465 e. The number of carbonyl (C=O) groups excluding carboxylic acids is 2. The number of nitrogens with zero attached hydrogens (tertiary/aromatic N) is 1. The van der Waals surface area contributed by atoms with Crippen molar-refractivity contribution in [3.8, 4) is 11.1 Å². The van der Waals surface area contributed by atoms with Gasteiger partial charge in [-0.3, -0.25) is 4.79 Å². The summed E-state index contributed by atoms with van der Waals surface area (Å²) in [6.45, 7) is -0.0549. The third-order valence-electron chi connectivity index (χ3n) is 5.72. The van der Waals surface area contributed by atoms with Crippen LogP contribution in [0.3, 0.4) is 0 Å². The number of ether oxygens (including phenoxy) is 2. The second-order valence-electron chi connectivity index (χ2n) is 7.70. The first-order valence-corrected chi connectivity index (χ1v) is 10.4. The van der Waals surface area contributed by atoms with E-state index in [0.717, 1.165) is 34.9 Å². The van der Waals surface area contributed by atoms with Crippen molar-refractivity contribution >= 4 is 22.8 Å². The van der Waals surface area contributed by atoms with Crippen LogP contribution in [-0.4, -0.2) is 24.0 Å². The van der Waals surface area contributed by atoms with Crippen LogP contribution >= 0.6 is 0 Å². The van der Waals surface area contributed by atoms with Gasteiger partial charge in [0.2, 0.25) is 0 Å². The summed E-state index contributed by atoms with van der Waals surface area (Å²) in [7, 11) is 1.35. The molecule has 1 aliphatic rings. The average Bonchev–Trinajstić information content (AvgIpc) is 3.29. The molecule has 3 aromatic rings. The largest absolute Gasteiger partial charge is 0.465 e. The Morgan fingerprint density at radius 1 is 1.00 bits per heavy atom. The van der Waals surface area contributed by atoms with Gasteiger partial charge in [-0.1, -0.05) is 61.4 Å². The molecule has 0 spiro atoms. The zero-order chi connectivity index (χ0) is 20.9. The van der Waals surface area contributed by atoms with Crippen molar-refractivity contribution in [1.29, 1.82) is 0 Å². The van der Waals surface area contributed by atoms with Gasteiger partial charge in [-0.15, -0.1) is 0 Å². The molecule has 0 bridgehead atoms. The van der Waals surface area contributed by atoms with Crippen LogP contribution in [0.2, 0.25) is 0 Å². The first-order chi connectivity index (χ1) is 14.7. The standard InChI is InChI=1S/C25H25NO4/c1-29-25(28)24-21(16-30-22(27)15-17-9-5-6-10-17)26-20-14-8-7-13-19(20)23(24)18-11-3-2-4-12-18/h2-4,7-8,11-14,17H,5-6,9-10,15-16H2,1H3. The predicted molar refractivity (Wildman–Crippen MR) is 115 cm³/mol. The van der Waals surface area contributed by atoms with Gasteiger partial charge in [-0.25, -0.2) is 9.78 Å². The molecule has 0 radical (unpaired) electrons. The van der Waals surface area contributed by atoms with Crippen LogP contribution in [-0.2, 0) is 20.9 Å². The summed E-state index contributed by atoms with van der Waals surface area (Å²) in [6.07, 6.45) is 4.94. The van der Waals surface area contributed by atoms with Crippen LogP contribution < -0.4 is 0 Å². The number of fused-ring (bicyclic) bond motifs is 1. The van der Waals surface area contributed by atoms with E-state index >= 15 is 0 Å². The summed E-state index contributed by atoms with van der Waals surface area (Å²) in [6, 6.07) is 17.3. The molecule has 30 heavy (non-hydrogen) atoms. The Labute approximate surface area is 176 Å². The lowest BCUT2D eigenvalue weighted by Crippen LogP contribution is -2.15. The van der Waals surface area contributed by atoms with E-state index in [1.165, 1.54) is 20.0 Å². The number of pyridine rings is 1. The maximum Gasteiger partial charge on any atom is 0.340 e. The summed E-state index contributed by atoms with van der Waals surface area (Å²) in [4.78, 5) is 29.8. The van der Waals surface area contributed by atoms with Gasteiger partial charge in [-0.05, 0) is 30.4 Å². The molecule has 1 aromatic heterocycles. The number of carbonyl (C=O) groups is 2. The van der Waals surface area contributed by atoms with Crippen molar-refractivity contribution in [1.82, 2.24) is 4.98 Å². The monoisotopic (exact) mass is 403 g/mol. The van der Waals surface area contributed by atoms with E-state index in [0.29, 0.717) is 23.6 Å². The summed E-state index contributed by atoms with van der Waals surface area (Å²) < 4.78 is 10.6. The predicted octanol–water partition coefficient (Wildman–Crippen LogP) is 5.31. The van der Waals surface area contributed by atoms with Crippen molar-refractivity contribution in [3.05, 3.63) is 65.9 Å². The van der Waals surface area contributed by atoms with Gasteiger partial charge in [0.05, 0.1) is 23.9 Å². The zero-order valence-electron chi connectivity index (χ0n) is 17.1. The average molecular weight is 403 g/mol. The van der Waals surface area contributed by atoms with Crippen molar-refractivity contribution < 1.29 is 19.1 Å². The number of aromatic nitrogens is 1. The smallest absolute Gasteiger partial charge is 0.340 e. The maximum atomic E-state index is 12.8. The van der Waals surface area contributed by atoms with Crippen molar-refractivity contribution in [2.75, 3.05) is 7.11 Å². The highest BCUT2D eigenvalue weighted by atomic mass is 16.5. The lowest BCUT2D eigenvalue weighted by Gasteiger charge is -2.16. The van der Waals surface area contributed by atoms with E-state index in [9.17, 15) is 9.59 Å². The van der Waals surface area contributed by atoms with E-state index in [4.69, 9.17) is 9.47 Å². The highest BCUT2D eigenvalue weighted by Gasteiger charge is 2.24. The molecule has 0 unspecified atom stereocenters. The Hall–Kier alpha value is -3.21. The fraction of sp³-hybridized carbons (Fsp3) is 0.320. The molecule has 0 saturated heterocycles.